The molecule has 34 heavy (non-hydrogen) atoms. The molecule has 2 fully saturated rings. The lowest BCUT2D eigenvalue weighted by Gasteiger charge is -2.62. The number of aldehydes is 1. The topological polar surface area (TPSA) is 74.6 Å². The number of carbonyl (C=O) groups is 2. The predicted molar refractivity (Wildman–Crippen MR) is 135 cm³/mol. The second kappa shape index (κ2) is 8.40. The Balaban J connectivity index is 1.73. The van der Waals surface area contributed by atoms with Gasteiger partial charge in [0.15, 0.2) is 5.78 Å². The third kappa shape index (κ3) is 3.45. The third-order valence-corrected chi connectivity index (χ3v) is 11.5. The summed E-state index contributed by atoms with van der Waals surface area (Å²) in [6.07, 6.45) is 8.66. The highest BCUT2D eigenvalue weighted by Gasteiger charge is 2.67. The van der Waals surface area contributed by atoms with Gasteiger partial charge in [-0.1, -0.05) is 47.6 Å². The Labute approximate surface area is 206 Å². The van der Waals surface area contributed by atoms with E-state index < -0.39 is 12.2 Å². The SMILES string of the molecule is C/C(C=O)=C\CC[C@H](C)[C@@H]1CC[C@]2(C)C3=C([C@@H](O)C[C@@]12C)[C@@]1(C)CC[C@H](O)C(C)(C)[C@@H]1CC3=O. The first-order valence-electron chi connectivity index (χ1n) is 13.5. The zero-order chi connectivity index (χ0) is 25.3. The average molecular weight is 471 g/mol. The molecule has 0 unspecified atom stereocenters. The van der Waals surface area contributed by atoms with E-state index in [-0.39, 0.29) is 33.4 Å². The minimum atomic E-state index is -0.596. The van der Waals surface area contributed by atoms with Gasteiger partial charge in [-0.25, -0.2) is 0 Å². The van der Waals surface area contributed by atoms with Crippen molar-refractivity contribution >= 4 is 12.1 Å². The first-order chi connectivity index (χ1) is 15.7. The molecule has 8 atom stereocenters. The van der Waals surface area contributed by atoms with Gasteiger partial charge in [0.25, 0.3) is 0 Å². The molecule has 0 aliphatic heterocycles. The fraction of sp³-hybridized carbons (Fsp3) is 0.800. The van der Waals surface area contributed by atoms with Crippen LogP contribution >= 0.6 is 0 Å². The van der Waals surface area contributed by atoms with Gasteiger partial charge in [-0.2, -0.15) is 0 Å². The fourth-order valence-electron chi connectivity index (χ4n) is 9.21. The van der Waals surface area contributed by atoms with Gasteiger partial charge in [0.1, 0.15) is 6.29 Å². The molecule has 0 heterocycles. The number of allylic oxidation sites excluding steroid dienone is 3. The van der Waals surface area contributed by atoms with Crippen molar-refractivity contribution in [1.29, 1.82) is 0 Å². The van der Waals surface area contributed by atoms with Gasteiger partial charge in [0.2, 0.25) is 0 Å². The Morgan fingerprint density at radius 2 is 1.79 bits per heavy atom. The summed E-state index contributed by atoms with van der Waals surface area (Å²) < 4.78 is 0. The van der Waals surface area contributed by atoms with Crippen LogP contribution in [0.2, 0.25) is 0 Å². The Kier molecular flexibility index (Phi) is 6.38. The van der Waals surface area contributed by atoms with Crippen LogP contribution in [0.3, 0.4) is 0 Å². The van der Waals surface area contributed by atoms with Crippen molar-refractivity contribution in [3.63, 3.8) is 0 Å². The molecule has 4 rings (SSSR count). The number of carbonyl (C=O) groups excluding carboxylic acids is 2. The largest absolute Gasteiger partial charge is 0.393 e. The van der Waals surface area contributed by atoms with E-state index in [9.17, 15) is 19.8 Å². The van der Waals surface area contributed by atoms with E-state index in [1.165, 1.54) is 0 Å². The molecule has 2 N–H and O–H groups in total. The van der Waals surface area contributed by atoms with E-state index in [1.807, 2.05) is 13.0 Å². The van der Waals surface area contributed by atoms with Gasteiger partial charge in [0.05, 0.1) is 12.2 Å². The quantitative estimate of drug-likeness (QED) is 0.393. The summed E-state index contributed by atoms with van der Waals surface area (Å²) in [5.74, 6) is 1.17. The van der Waals surface area contributed by atoms with Crippen LogP contribution in [0.4, 0.5) is 0 Å². The van der Waals surface area contributed by atoms with E-state index in [4.69, 9.17) is 0 Å². The van der Waals surface area contributed by atoms with Crippen LogP contribution in [-0.2, 0) is 9.59 Å². The van der Waals surface area contributed by atoms with Crippen LogP contribution < -0.4 is 0 Å². The number of aliphatic hydroxyl groups excluding tert-OH is 2. The summed E-state index contributed by atoms with van der Waals surface area (Å²) in [6, 6.07) is 0. The van der Waals surface area contributed by atoms with E-state index in [2.05, 4.69) is 41.5 Å². The molecule has 2 saturated carbocycles. The Bertz CT molecular complexity index is 928. The van der Waals surface area contributed by atoms with Crippen LogP contribution in [0.1, 0.15) is 99.8 Å². The number of rotatable bonds is 5. The van der Waals surface area contributed by atoms with E-state index in [0.717, 1.165) is 61.5 Å². The van der Waals surface area contributed by atoms with Gasteiger partial charge in [-0.3, -0.25) is 9.59 Å². The zero-order valence-electron chi connectivity index (χ0n) is 22.4. The number of aliphatic hydroxyl groups is 2. The van der Waals surface area contributed by atoms with Crippen molar-refractivity contribution in [3.8, 4) is 0 Å². The van der Waals surface area contributed by atoms with Gasteiger partial charge in [-0.15, -0.1) is 0 Å². The summed E-state index contributed by atoms with van der Waals surface area (Å²) in [5.41, 5.74) is 1.82. The maximum Gasteiger partial charge on any atom is 0.159 e. The molecule has 4 aliphatic carbocycles. The lowest BCUT2D eigenvalue weighted by Crippen LogP contribution is -2.59. The molecule has 0 radical (unpaired) electrons. The molecule has 4 aliphatic rings. The highest BCUT2D eigenvalue weighted by atomic mass is 16.3. The normalized spacial score (nSPS) is 44.9. The molecule has 0 amide bonds. The molecule has 0 saturated heterocycles. The Morgan fingerprint density at radius 3 is 2.44 bits per heavy atom. The van der Waals surface area contributed by atoms with Crippen molar-refractivity contribution < 1.29 is 19.8 Å². The second-order valence-corrected chi connectivity index (χ2v) is 13.5. The molecule has 190 valence electrons. The standard InChI is InChI=1S/C30H46O4/c1-18(17-31)9-8-10-19(2)20-11-14-29(6)26-21(32)15-23-27(3,4)24(34)12-13-28(23,5)25(26)22(33)16-30(20,29)7/h9,17,19-20,22-24,33-34H,8,10-16H2,1-7H3/b18-9+/t19-,20-,22-,23-,24-,28-,29+,30-/m0/s1. The minimum Gasteiger partial charge on any atom is -0.393 e. The molecule has 4 nitrogen and oxygen atoms in total. The zero-order valence-corrected chi connectivity index (χ0v) is 22.4. The van der Waals surface area contributed by atoms with Crippen molar-refractivity contribution in [2.45, 2.75) is 112 Å². The molecule has 0 aromatic heterocycles. The maximum atomic E-state index is 13.9. The number of fused-ring (bicyclic) bond motifs is 4. The first-order valence-corrected chi connectivity index (χ1v) is 13.5. The van der Waals surface area contributed by atoms with Crippen molar-refractivity contribution in [2.24, 2.45) is 39.4 Å². The monoisotopic (exact) mass is 470 g/mol. The van der Waals surface area contributed by atoms with Gasteiger partial charge in [-0.05, 0) is 97.0 Å². The van der Waals surface area contributed by atoms with Crippen LogP contribution in [0, 0.1) is 39.4 Å². The highest BCUT2D eigenvalue weighted by Crippen LogP contribution is 2.71. The van der Waals surface area contributed by atoms with E-state index in [1.54, 1.807) is 0 Å². The molecule has 0 aromatic rings. The fourth-order valence-corrected chi connectivity index (χ4v) is 9.21. The molecule has 0 bridgehead atoms. The predicted octanol–water partition coefficient (Wildman–Crippen LogP) is 5.81. The van der Waals surface area contributed by atoms with Crippen molar-refractivity contribution in [1.82, 2.24) is 0 Å². The number of ketones is 1. The average Bonchev–Trinajstić information content (AvgIpc) is 3.03. The first kappa shape index (κ1) is 25.8. The van der Waals surface area contributed by atoms with Crippen molar-refractivity contribution in [3.05, 3.63) is 22.8 Å². The minimum absolute atomic E-state index is 0.0570. The summed E-state index contributed by atoms with van der Waals surface area (Å²) in [5, 5.41) is 22.5. The van der Waals surface area contributed by atoms with E-state index >= 15 is 0 Å². The Morgan fingerprint density at radius 1 is 1.12 bits per heavy atom. The maximum absolute atomic E-state index is 13.9. The summed E-state index contributed by atoms with van der Waals surface area (Å²) in [4.78, 5) is 24.9. The molecule has 4 heteroatoms. The van der Waals surface area contributed by atoms with Crippen molar-refractivity contribution in [2.75, 3.05) is 0 Å². The summed E-state index contributed by atoms with van der Waals surface area (Å²) >= 11 is 0. The highest BCUT2D eigenvalue weighted by molar-refractivity contribution is 6.00. The van der Waals surface area contributed by atoms with Crippen LogP contribution in [-0.4, -0.2) is 34.5 Å². The third-order valence-electron chi connectivity index (χ3n) is 11.5. The molecular formula is C30H46O4. The van der Waals surface area contributed by atoms with Gasteiger partial charge in [0, 0.05) is 17.4 Å². The van der Waals surface area contributed by atoms with E-state index in [0.29, 0.717) is 24.7 Å². The summed E-state index contributed by atoms with van der Waals surface area (Å²) in [6.45, 7) is 15.3. The summed E-state index contributed by atoms with van der Waals surface area (Å²) in [7, 11) is 0. The Hall–Kier alpha value is -1.26. The lowest BCUT2D eigenvalue weighted by atomic mass is 9.42. The van der Waals surface area contributed by atoms with Gasteiger partial charge < -0.3 is 10.2 Å². The molecular weight excluding hydrogens is 424 g/mol. The van der Waals surface area contributed by atoms with Crippen LogP contribution in [0.25, 0.3) is 0 Å². The van der Waals surface area contributed by atoms with Crippen LogP contribution in [0.15, 0.2) is 22.8 Å². The smallest absolute Gasteiger partial charge is 0.159 e. The lowest BCUT2D eigenvalue weighted by molar-refractivity contribution is -0.138. The number of hydrogen-bond acceptors (Lipinski definition) is 4. The second-order valence-electron chi connectivity index (χ2n) is 13.5. The molecule has 0 aromatic carbocycles. The molecule has 0 spiro atoms. The van der Waals surface area contributed by atoms with Crippen LogP contribution in [0.5, 0.6) is 0 Å². The van der Waals surface area contributed by atoms with Gasteiger partial charge >= 0.3 is 0 Å². The number of hydrogen-bond donors (Lipinski definition) is 2. The number of Topliss-reactive ketones (excluding diaryl/α,β-unsaturated/α-hetero) is 1.